The number of benzene rings is 1. The first-order valence-electron chi connectivity index (χ1n) is 6.74. The number of aliphatic carboxylic acids is 1. The third-order valence-corrected chi connectivity index (χ3v) is 3.52. The van der Waals surface area contributed by atoms with E-state index < -0.39 is 5.97 Å². The molecular formula is C15H17ClN2O4. The van der Waals surface area contributed by atoms with E-state index in [-0.39, 0.29) is 32.1 Å². The number of amides is 1. The fourth-order valence-corrected chi connectivity index (χ4v) is 2.36. The lowest BCUT2D eigenvalue weighted by Gasteiger charge is -2.20. The molecular weight excluding hydrogens is 308 g/mol. The van der Waals surface area contributed by atoms with Gasteiger partial charge in [-0.25, -0.2) is 0 Å². The fourth-order valence-electron chi connectivity index (χ4n) is 2.20. The molecule has 0 unspecified atom stereocenters. The van der Waals surface area contributed by atoms with Gasteiger partial charge in [0.25, 0.3) is 0 Å². The van der Waals surface area contributed by atoms with Crippen molar-refractivity contribution in [3.8, 4) is 0 Å². The Bertz CT molecular complexity index is 683. The molecule has 0 atom stereocenters. The number of carboxylic acids is 1. The molecule has 1 aromatic heterocycles. The van der Waals surface area contributed by atoms with E-state index in [1.807, 2.05) is 12.1 Å². The highest BCUT2D eigenvalue weighted by Crippen LogP contribution is 2.20. The molecule has 118 valence electrons. The molecule has 6 nitrogen and oxygen atoms in total. The van der Waals surface area contributed by atoms with Crippen molar-refractivity contribution in [1.82, 2.24) is 9.47 Å². The molecule has 0 aliphatic heterocycles. The smallest absolute Gasteiger partial charge is 0.323 e. The standard InChI is InChI=1S/C15H17ClN2O4/c1-22-7-6-18(10-15(20)21)14(19)9-17-5-4-11-2-3-12(16)8-13(11)17/h2-5,8H,6-7,9-10H2,1H3,(H,20,21). The molecule has 1 heterocycles. The number of nitrogens with zero attached hydrogens (tertiary/aromatic N) is 2. The number of fused-ring (bicyclic) bond motifs is 1. The van der Waals surface area contributed by atoms with Gasteiger partial charge in [-0.3, -0.25) is 9.59 Å². The van der Waals surface area contributed by atoms with Gasteiger partial charge in [-0.05, 0) is 23.6 Å². The Balaban J connectivity index is 2.16. The highest BCUT2D eigenvalue weighted by atomic mass is 35.5. The first-order valence-corrected chi connectivity index (χ1v) is 7.12. The van der Waals surface area contributed by atoms with Crippen molar-refractivity contribution >= 4 is 34.4 Å². The lowest BCUT2D eigenvalue weighted by molar-refractivity contribution is -0.145. The van der Waals surface area contributed by atoms with E-state index in [1.165, 1.54) is 12.0 Å². The number of methoxy groups -OCH3 is 1. The van der Waals surface area contributed by atoms with Gasteiger partial charge >= 0.3 is 5.97 Å². The van der Waals surface area contributed by atoms with Gasteiger partial charge < -0.3 is 19.3 Å². The van der Waals surface area contributed by atoms with Crippen LogP contribution in [0.25, 0.3) is 10.9 Å². The minimum atomic E-state index is -1.05. The number of ether oxygens (including phenoxy) is 1. The number of rotatable bonds is 7. The van der Waals surface area contributed by atoms with Crippen LogP contribution in [0.2, 0.25) is 5.02 Å². The molecule has 1 N–H and O–H groups in total. The van der Waals surface area contributed by atoms with Crippen molar-refractivity contribution in [3.05, 3.63) is 35.5 Å². The summed E-state index contributed by atoms with van der Waals surface area (Å²) < 4.78 is 6.67. The number of carboxylic acid groups (broad SMARTS) is 1. The Labute approximate surface area is 132 Å². The number of carbonyl (C=O) groups is 2. The molecule has 0 fully saturated rings. The van der Waals surface area contributed by atoms with Crippen molar-refractivity contribution < 1.29 is 19.4 Å². The lowest BCUT2D eigenvalue weighted by Crippen LogP contribution is -2.39. The van der Waals surface area contributed by atoms with E-state index >= 15 is 0 Å². The van der Waals surface area contributed by atoms with E-state index in [2.05, 4.69) is 0 Å². The molecule has 0 radical (unpaired) electrons. The van der Waals surface area contributed by atoms with Gasteiger partial charge in [0.1, 0.15) is 13.1 Å². The summed E-state index contributed by atoms with van der Waals surface area (Å²) in [6.45, 7) is 0.238. The van der Waals surface area contributed by atoms with E-state index in [4.69, 9.17) is 21.4 Å². The lowest BCUT2D eigenvalue weighted by atomic mass is 10.2. The first kappa shape index (κ1) is 16.3. The summed E-state index contributed by atoms with van der Waals surface area (Å²) in [5.41, 5.74) is 0.836. The molecule has 2 rings (SSSR count). The molecule has 22 heavy (non-hydrogen) atoms. The summed E-state index contributed by atoms with van der Waals surface area (Å²) in [5.74, 6) is -1.33. The topological polar surface area (TPSA) is 71.8 Å². The molecule has 0 saturated heterocycles. The predicted octanol–water partition coefficient (Wildman–Crippen LogP) is 1.85. The number of halogens is 1. The van der Waals surface area contributed by atoms with Crippen LogP contribution < -0.4 is 0 Å². The van der Waals surface area contributed by atoms with Gasteiger partial charge in [0.05, 0.1) is 6.61 Å². The Kier molecular flexibility index (Phi) is 5.41. The van der Waals surface area contributed by atoms with E-state index in [1.54, 1.807) is 22.9 Å². The summed E-state index contributed by atoms with van der Waals surface area (Å²) in [5, 5.41) is 10.5. The molecule has 0 saturated carbocycles. The van der Waals surface area contributed by atoms with Crippen LogP contribution in [0.4, 0.5) is 0 Å². The molecule has 0 aliphatic carbocycles. The maximum Gasteiger partial charge on any atom is 0.323 e. The van der Waals surface area contributed by atoms with Crippen LogP contribution in [0.5, 0.6) is 0 Å². The number of hydrogen-bond donors (Lipinski definition) is 1. The Hall–Kier alpha value is -2.05. The van der Waals surface area contributed by atoms with Crippen LogP contribution in [0.1, 0.15) is 0 Å². The minimum absolute atomic E-state index is 0.0564. The zero-order valence-electron chi connectivity index (χ0n) is 12.2. The summed E-state index contributed by atoms with van der Waals surface area (Å²) in [6, 6.07) is 7.32. The Morgan fingerprint density at radius 2 is 2.14 bits per heavy atom. The predicted molar refractivity (Wildman–Crippen MR) is 83.0 cm³/mol. The van der Waals surface area contributed by atoms with Gasteiger partial charge in [0, 0.05) is 30.4 Å². The SMILES string of the molecule is COCCN(CC(=O)O)C(=O)Cn1ccc2ccc(Cl)cc21. The summed E-state index contributed by atoms with van der Waals surface area (Å²) in [7, 11) is 1.50. The Morgan fingerprint density at radius 3 is 2.82 bits per heavy atom. The molecule has 7 heteroatoms. The van der Waals surface area contributed by atoms with Gasteiger partial charge in [0.2, 0.25) is 5.91 Å². The van der Waals surface area contributed by atoms with Gasteiger partial charge in [-0.1, -0.05) is 17.7 Å². The second-order valence-electron chi connectivity index (χ2n) is 4.85. The van der Waals surface area contributed by atoms with E-state index in [0.29, 0.717) is 5.02 Å². The van der Waals surface area contributed by atoms with Crippen LogP contribution in [0.15, 0.2) is 30.5 Å². The normalized spacial score (nSPS) is 10.8. The third-order valence-electron chi connectivity index (χ3n) is 3.29. The van der Waals surface area contributed by atoms with Crippen molar-refractivity contribution in [2.45, 2.75) is 6.54 Å². The zero-order chi connectivity index (χ0) is 16.1. The van der Waals surface area contributed by atoms with E-state index in [9.17, 15) is 9.59 Å². The third kappa shape index (κ3) is 3.99. The van der Waals surface area contributed by atoms with Crippen molar-refractivity contribution in [3.63, 3.8) is 0 Å². The van der Waals surface area contributed by atoms with Crippen LogP contribution in [-0.4, -0.2) is 53.3 Å². The average Bonchev–Trinajstić information content (AvgIpc) is 2.85. The van der Waals surface area contributed by atoms with Crippen LogP contribution >= 0.6 is 11.6 Å². The van der Waals surface area contributed by atoms with Gasteiger partial charge in [-0.15, -0.1) is 0 Å². The molecule has 1 aromatic carbocycles. The van der Waals surface area contributed by atoms with Crippen molar-refractivity contribution in [2.75, 3.05) is 26.8 Å². The quantitative estimate of drug-likeness (QED) is 0.843. The summed E-state index contributed by atoms with van der Waals surface area (Å²) in [4.78, 5) is 24.5. The molecule has 0 aliphatic rings. The molecule has 2 aromatic rings. The fraction of sp³-hybridized carbons (Fsp3) is 0.333. The average molecular weight is 325 g/mol. The van der Waals surface area contributed by atoms with Crippen LogP contribution in [0, 0.1) is 0 Å². The molecule has 1 amide bonds. The van der Waals surface area contributed by atoms with Gasteiger partial charge in [-0.2, -0.15) is 0 Å². The minimum Gasteiger partial charge on any atom is -0.480 e. The Morgan fingerprint density at radius 1 is 1.36 bits per heavy atom. The number of hydrogen-bond acceptors (Lipinski definition) is 3. The zero-order valence-corrected chi connectivity index (χ0v) is 12.9. The highest BCUT2D eigenvalue weighted by Gasteiger charge is 2.17. The number of aromatic nitrogens is 1. The van der Waals surface area contributed by atoms with Gasteiger partial charge in [0.15, 0.2) is 0 Å². The summed E-state index contributed by atoms with van der Waals surface area (Å²) >= 11 is 5.98. The summed E-state index contributed by atoms with van der Waals surface area (Å²) in [6.07, 6.45) is 1.79. The molecule has 0 bridgehead atoms. The van der Waals surface area contributed by atoms with Crippen molar-refractivity contribution in [2.24, 2.45) is 0 Å². The van der Waals surface area contributed by atoms with E-state index in [0.717, 1.165) is 10.9 Å². The maximum atomic E-state index is 12.3. The first-order chi connectivity index (χ1) is 10.5. The maximum absolute atomic E-state index is 12.3. The molecule has 0 spiro atoms. The highest BCUT2D eigenvalue weighted by molar-refractivity contribution is 6.31. The largest absolute Gasteiger partial charge is 0.480 e. The van der Waals surface area contributed by atoms with Crippen LogP contribution in [-0.2, 0) is 20.9 Å². The monoisotopic (exact) mass is 324 g/mol. The van der Waals surface area contributed by atoms with Crippen molar-refractivity contribution in [1.29, 1.82) is 0 Å². The van der Waals surface area contributed by atoms with Crippen LogP contribution in [0.3, 0.4) is 0 Å². The second-order valence-corrected chi connectivity index (χ2v) is 5.29. The second kappa shape index (κ2) is 7.29. The number of carbonyl (C=O) groups excluding carboxylic acids is 1.